The molecule has 0 amide bonds. The molecule has 17 heavy (non-hydrogen) atoms. The van der Waals surface area contributed by atoms with Crippen LogP contribution in [0.5, 0.6) is 0 Å². The molecule has 2 aliphatic rings. The first-order valence-electron chi connectivity index (χ1n) is 6.74. The molecule has 4 unspecified atom stereocenters. The largest absolute Gasteiger partial charge is 0.391 e. The maximum atomic E-state index is 9.23. The van der Waals surface area contributed by atoms with E-state index in [1.807, 2.05) is 6.92 Å². The summed E-state index contributed by atoms with van der Waals surface area (Å²) in [6, 6.07) is 0. The summed E-state index contributed by atoms with van der Waals surface area (Å²) in [5.74, 6) is 0. The van der Waals surface area contributed by atoms with Gasteiger partial charge in [0.25, 0.3) is 0 Å². The quantitative estimate of drug-likeness (QED) is 0.792. The molecule has 2 saturated heterocycles. The van der Waals surface area contributed by atoms with Crippen molar-refractivity contribution in [3.63, 3.8) is 0 Å². The van der Waals surface area contributed by atoms with Gasteiger partial charge < -0.3 is 19.7 Å². The van der Waals surface area contributed by atoms with Crippen molar-refractivity contribution >= 4 is 0 Å². The molecule has 4 nitrogen and oxygen atoms in total. The summed E-state index contributed by atoms with van der Waals surface area (Å²) < 4.78 is 10.4. The van der Waals surface area contributed by atoms with E-state index < -0.39 is 0 Å². The van der Waals surface area contributed by atoms with E-state index in [9.17, 15) is 5.11 Å². The molecule has 0 aliphatic carbocycles. The molecule has 0 spiro atoms. The van der Waals surface area contributed by atoms with Crippen molar-refractivity contribution in [1.82, 2.24) is 0 Å². The Labute approximate surface area is 104 Å². The average molecular weight is 246 g/mol. The van der Waals surface area contributed by atoms with Crippen molar-refractivity contribution in [3.05, 3.63) is 0 Å². The molecule has 2 N–H and O–H groups in total. The molecule has 0 radical (unpaired) electrons. The minimum absolute atomic E-state index is 0.120. The van der Waals surface area contributed by atoms with Crippen LogP contribution in [0.1, 0.15) is 46.0 Å². The number of hydrogen-bond donors (Lipinski definition) is 2. The second-order valence-corrected chi connectivity index (χ2v) is 4.82. The van der Waals surface area contributed by atoms with Crippen LogP contribution in [0.3, 0.4) is 0 Å². The Hall–Kier alpha value is -0.160. The normalized spacial score (nSPS) is 31.8. The fourth-order valence-corrected chi connectivity index (χ4v) is 2.15. The molecule has 102 valence electrons. The van der Waals surface area contributed by atoms with Gasteiger partial charge in [0, 0.05) is 13.2 Å². The molecule has 0 aromatic carbocycles. The predicted molar refractivity (Wildman–Crippen MR) is 65.9 cm³/mol. The van der Waals surface area contributed by atoms with Gasteiger partial charge in [0.15, 0.2) is 0 Å². The highest BCUT2D eigenvalue weighted by atomic mass is 16.5. The monoisotopic (exact) mass is 246 g/mol. The number of ether oxygens (including phenoxy) is 2. The van der Waals surface area contributed by atoms with E-state index in [2.05, 4.69) is 0 Å². The zero-order chi connectivity index (χ0) is 12.7. The van der Waals surface area contributed by atoms with Crippen molar-refractivity contribution in [1.29, 1.82) is 0 Å². The zero-order valence-corrected chi connectivity index (χ0v) is 11.0. The molecule has 4 atom stereocenters. The number of aliphatic hydroxyl groups excluding tert-OH is 2. The van der Waals surface area contributed by atoms with Gasteiger partial charge in [-0.15, -0.1) is 0 Å². The van der Waals surface area contributed by atoms with E-state index in [1.165, 1.54) is 0 Å². The molecule has 2 heterocycles. The summed E-state index contributed by atoms with van der Waals surface area (Å²) in [4.78, 5) is 0. The minimum atomic E-state index is -0.280. The summed E-state index contributed by atoms with van der Waals surface area (Å²) in [5, 5.41) is 18.2. The van der Waals surface area contributed by atoms with Crippen molar-refractivity contribution < 1.29 is 19.7 Å². The molecule has 0 saturated carbocycles. The fraction of sp³-hybridized carbons (Fsp3) is 1.00. The van der Waals surface area contributed by atoms with Gasteiger partial charge in [0.2, 0.25) is 0 Å². The van der Waals surface area contributed by atoms with Crippen molar-refractivity contribution in [2.45, 2.75) is 70.4 Å². The second kappa shape index (κ2) is 8.03. The molecular formula is C13H26O4. The Morgan fingerprint density at radius 3 is 1.88 bits per heavy atom. The van der Waals surface area contributed by atoms with Crippen LogP contribution >= 0.6 is 0 Å². The average Bonchev–Trinajstić information content (AvgIpc) is 3.01. The highest BCUT2D eigenvalue weighted by molar-refractivity contribution is 4.71. The van der Waals surface area contributed by atoms with Gasteiger partial charge >= 0.3 is 0 Å². The van der Waals surface area contributed by atoms with Crippen LogP contribution in [-0.2, 0) is 9.47 Å². The zero-order valence-electron chi connectivity index (χ0n) is 11.0. The second-order valence-electron chi connectivity index (χ2n) is 4.82. The third-order valence-corrected chi connectivity index (χ3v) is 3.32. The SMILES string of the molecule is CC(O)C1CCCO1.CCC(O)C1CCCO1. The maximum absolute atomic E-state index is 9.23. The van der Waals surface area contributed by atoms with Gasteiger partial charge in [-0.1, -0.05) is 6.92 Å². The number of hydrogen-bond acceptors (Lipinski definition) is 4. The van der Waals surface area contributed by atoms with Crippen LogP contribution in [0, 0.1) is 0 Å². The topological polar surface area (TPSA) is 58.9 Å². The minimum Gasteiger partial charge on any atom is -0.391 e. The molecule has 4 heteroatoms. The van der Waals surface area contributed by atoms with E-state index in [1.54, 1.807) is 6.92 Å². The van der Waals surface area contributed by atoms with Crippen LogP contribution in [0.15, 0.2) is 0 Å². The smallest absolute Gasteiger partial charge is 0.0834 e. The van der Waals surface area contributed by atoms with Crippen LogP contribution in [0.4, 0.5) is 0 Å². The molecule has 2 rings (SSSR count). The molecule has 2 aliphatic heterocycles. The maximum Gasteiger partial charge on any atom is 0.0834 e. The highest BCUT2D eigenvalue weighted by Gasteiger charge is 2.22. The van der Waals surface area contributed by atoms with Gasteiger partial charge in [0.1, 0.15) is 0 Å². The highest BCUT2D eigenvalue weighted by Crippen LogP contribution is 2.16. The number of rotatable bonds is 3. The lowest BCUT2D eigenvalue weighted by molar-refractivity contribution is -0.00279. The van der Waals surface area contributed by atoms with E-state index in [0.717, 1.165) is 45.3 Å². The Balaban J connectivity index is 0.000000171. The summed E-state index contributed by atoms with van der Waals surface area (Å²) in [6.45, 7) is 5.42. The summed E-state index contributed by atoms with van der Waals surface area (Å²) in [5.41, 5.74) is 0. The fourth-order valence-electron chi connectivity index (χ4n) is 2.15. The van der Waals surface area contributed by atoms with Gasteiger partial charge in [-0.2, -0.15) is 0 Å². The lowest BCUT2D eigenvalue weighted by atomic mass is 10.1. The van der Waals surface area contributed by atoms with Crippen molar-refractivity contribution in [2.75, 3.05) is 13.2 Å². The predicted octanol–water partition coefficient (Wildman–Crippen LogP) is 1.48. The molecule has 0 aromatic heterocycles. The van der Waals surface area contributed by atoms with E-state index >= 15 is 0 Å². The van der Waals surface area contributed by atoms with Crippen molar-refractivity contribution in [2.24, 2.45) is 0 Å². The lowest BCUT2D eigenvalue weighted by Crippen LogP contribution is -2.23. The van der Waals surface area contributed by atoms with Gasteiger partial charge in [-0.3, -0.25) is 0 Å². The molecule has 0 bridgehead atoms. The summed E-state index contributed by atoms with van der Waals surface area (Å²) >= 11 is 0. The van der Waals surface area contributed by atoms with Gasteiger partial charge in [-0.25, -0.2) is 0 Å². The first-order valence-corrected chi connectivity index (χ1v) is 6.74. The Kier molecular flexibility index (Phi) is 7.04. The van der Waals surface area contributed by atoms with E-state index in [4.69, 9.17) is 14.6 Å². The van der Waals surface area contributed by atoms with Crippen LogP contribution in [0.25, 0.3) is 0 Å². The van der Waals surface area contributed by atoms with Crippen LogP contribution < -0.4 is 0 Å². The van der Waals surface area contributed by atoms with Crippen LogP contribution in [0.2, 0.25) is 0 Å². The molecule has 2 fully saturated rings. The van der Waals surface area contributed by atoms with E-state index in [0.29, 0.717) is 0 Å². The third kappa shape index (κ3) is 5.34. The lowest BCUT2D eigenvalue weighted by Gasteiger charge is -2.14. The Morgan fingerprint density at radius 1 is 1.06 bits per heavy atom. The summed E-state index contributed by atoms with van der Waals surface area (Å²) in [6.07, 6.45) is 4.84. The van der Waals surface area contributed by atoms with Gasteiger partial charge in [0.05, 0.1) is 24.4 Å². The summed E-state index contributed by atoms with van der Waals surface area (Å²) in [7, 11) is 0. The third-order valence-electron chi connectivity index (χ3n) is 3.32. The number of aliphatic hydroxyl groups is 2. The molecule has 0 aromatic rings. The first kappa shape index (κ1) is 14.9. The van der Waals surface area contributed by atoms with Gasteiger partial charge in [-0.05, 0) is 39.0 Å². The Morgan fingerprint density at radius 2 is 1.59 bits per heavy atom. The standard InChI is InChI=1S/C7H14O2.C6H12O2/c1-2-6(8)7-4-3-5-9-7;1-5(7)6-3-2-4-8-6/h6-8H,2-5H2,1H3;5-7H,2-4H2,1H3. The van der Waals surface area contributed by atoms with E-state index in [-0.39, 0.29) is 24.4 Å². The molecular weight excluding hydrogens is 220 g/mol. The Bertz CT molecular complexity index is 184. The van der Waals surface area contributed by atoms with Crippen LogP contribution in [-0.4, -0.2) is 47.8 Å². The van der Waals surface area contributed by atoms with Crippen molar-refractivity contribution in [3.8, 4) is 0 Å². The first-order chi connectivity index (χ1) is 8.15.